The molecule has 6 nitrogen and oxygen atoms in total. The highest BCUT2D eigenvalue weighted by atomic mass is 79.9. The van der Waals surface area contributed by atoms with Crippen molar-refractivity contribution in [1.82, 2.24) is 0 Å². The third-order valence-corrected chi connectivity index (χ3v) is 3.41. The van der Waals surface area contributed by atoms with Crippen LogP contribution in [0.15, 0.2) is 22.7 Å². The van der Waals surface area contributed by atoms with E-state index in [2.05, 4.69) is 15.9 Å². The van der Waals surface area contributed by atoms with Gasteiger partial charge in [-0.2, -0.15) is 0 Å². The lowest BCUT2D eigenvalue weighted by Gasteiger charge is -2.19. The fraction of sp³-hybridized carbons (Fsp3) is 0.250. The van der Waals surface area contributed by atoms with Gasteiger partial charge in [-0.1, -0.05) is 6.07 Å². The van der Waals surface area contributed by atoms with E-state index in [4.69, 9.17) is 5.11 Å². The van der Waals surface area contributed by atoms with Crippen molar-refractivity contribution >= 4 is 39.3 Å². The van der Waals surface area contributed by atoms with E-state index in [9.17, 15) is 19.5 Å². The fourth-order valence-corrected chi connectivity index (χ4v) is 2.50. The van der Waals surface area contributed by atoms with Crippen LogP contribution < -0.4 is 4.90 Å². The summed E-state index contributed by atoms with van der Waals surface area (Å²) in [6.07, 6.45) is -1.71. The Balaban J connectivity index is 2.29. The third-order valence-electron chi connectivity index (χ3n) is 2.75. The van der Waals surface area contributed by atoms with E-state index in [-0.39, 0.29) is 12.1 Å². The molecule has 19 heavy (non-hydrogen) atoms. The summed E-state index contributed by atoms with van der Waals surface area (Å²) in [5.41, 5.74) is 0.629. The number of hydrogen-bond donors (Lipinski definition) is 2. The number of hydrogen-bond acceptors (Lipinski definition) is 4. The Labute approximate surface area is 116 Å². The summed E-state index contributed by atoms with van der Waals surface area (Å²) in [6, 6.07) is 4.88. The van der Waals surface area contributed by atoms with Gasteiger partial charge < -0.3 is 15.1 Å². The molecule has 1 aliphatic rings. The quantitative estimate of drug-likeness (QED) is 0.798. The van der Waals surface area contributed by atoms with Crippen molar-refractivity contribution in [2.75, 3.05) is 11.4 Å². The SMILES string of the molecule is O=C(O)CC(O)CN1C(=O)C(=O)c2c(Br)cccc21. The zero-order valence-electron chi connectivity index (χ0n) is 9.67. The first kappa shape index (κ1) is 13.7. The number of rotatable bonds is 4. The van der Waals surface area contributed by atoms with E-state index < -0.39 is 30.2 Å². The Bertz CT molecular complexity index is 571. The molecular weight excluding hydrogens is 318 g/mol. The van der Waals surface area contributed by atoms with Gasteiger partial charge in [0.2, 0.25) is 0 Å². The number of benzene rings is 1. The maximum absolute atomic E-state index is 11.8. The topological polar surface area (TPSA) is 94.9 Å². The Morgan fingerprint density at radius 3 is 2.68 bits per heavy atom. The van der Waals surface area contributed by atoms with E-state index >= 15 is 0 Å². The summed E-state index contributed by atoms with van der Waals surface area (Å²) in [6.45, 7) is -0.222. The molecule has 0 saturated carbocycles. The zero-order chi connectivity index (χ0) is 14.2. The fourth-order valence-electron chi connectivity index (χ4n) is 1.96. The predicted molar refractivity (Wildman–Crippen MR) is 69.1 cm³/mol. The van der Waals surface area contributed by atoms with Gasteiger partial charge in [0.15, 0.2) is 0 Å². The van der Waals surface area contributed by atoms with Gasteiger partial charge in [-0.05, 0) is 28.1 Å². The van der Waals surface area contributed by atoms with E-state index in [0.29, 0.717) is 10.2 Å². The van der Waals surface area contributed by atoms with Gasteiger partial charge in [-0.3, -0.25) is 14.4 Å². The van der Waals surface area contributed by atoms with Gasteiger partial charge in [0.05, 0.1) is 30.3 Å². The number of β-amino-alcohol motifs (C(OH)–C–C–N with tert-alkyl or cyclic N) is 1. The molecule has 7 heteroatoms. The molecule has 0 aliphatic carbocycles. The monoisotopic (exact) mass is 327 g/mol. The molecule has 1 heterocycles. The number of halogens is 1. The number of carboxylic acid groups (broad SMARTS) is 1. The summed E-state index contributed by atoms with van der Waals surface area (Å²) in [7, 11) is 0. The molecule has 0 saturated heterocycles. The lowest BCUT2D eigenvalue weighted by molar-refractivity contribution is -0.139. The molecule has 0 spiro atoms. The molecule has 0 aromatic heterocycles. The molecule has 1 unspecified atom stereocenters. The maximum Gasteiger partial charge on any atom is 0.306 e. The summed E-state index contributed by atoms with van der Waals surface area (Å²) in [5.74, 6) is -2.59. The predicted octanol–water partition coefficient (Wildman–Crippen LogP) is 0.814. The largest absolute Gasteiger partial charge is 0.481 e. The first-order valence-corrected chi connectivity index (χ1v) is 6.25. The van der Waals surface area contributed by atoms with Crippen LogP contribution in [0.5, 0.6) is 0 Å². The van der Waals surface area contributed by atoms with Crippen molar-refractivity contribution < 1.29 is 24.6 Å². The van der Waals surface area contributed by atoms with Crippen molar-refractivity contribution in [2.45, 2.75) is 12.5 Å². The number of carbonyl (C=O) groups excluding carboxylic acids is 2. The number of aliphatic hydroxyl groups excluding tert-OH is 1. The minimum absolute atomic E-state index is 0.222. The van der Waals surface area contributed by atoms with Crippen molar-refractivity contribution in [3.63, 3.8) is 0 Å². The van der Waals surface area contributed by atoms with Gasteiger partial charge in [-0.15, -0.1) is 0 Å². The molecule has 1 atom stereocenters. The highest BCUT2D eigenvalue weighted by Gasteiger charge is 2.38. The van der Waals surface area contributed by atoms with E-state index in [1.54, 1.807) is 18.2 Å². The average Bonchev–Trinajstić information content (AvgIpc) is 2.55. The number of amides is 1. The van der Waals surface area contributed by atoms with Crippen LogP contribution in [0, 0.1) is 0 Å². The number of fused-ring (bicyclic) bond motifs is 1. The van der Waals surface area contributed by atoms with Crippen LogP contribution in [-0.4, -0.2) is 40.5 Å². The molecule has 1 aromatic rings. The van der Waals surface area contributed by atoms with Crippen LogP contribution >= 0.6 is 15.9 Å². The van der Waals surface area contributed by atoms with Crippen molar-refractivity contribution in [1.29, 1.82) is 0 Å². The number of carbonyl (C=O) groups is 3. The summed E-state index contributed by atoms with van der Waals surface area (Å²) < 4.78 is 0.499. The lowest BCUT2D eigenvalue weighted by atomic mass is 10.1. The number of anilines is 1. The molecule has 0 fully saturated rings. The van der Waals surface area contributed by atoms with Gasteiger partial charge in [0.1, 0.15) is 0 Å². The first-order valence-electron chi connectivity index (χ1n) is 5.46. The highest BCUT2D eigenvalue weighted by Crippen LogP contribution is 2.34. The summed E-state index contributed by atoms with van der Waals surface area (Å²) >= 11 is 3.19. The second-order valence-corrected chi connectivity index (χ2v) is 4.98. The Morgan fingerprint density at radius 2 is 2.05 bits per heavy atom. The number of aliphatic carboxylic acids is 1. The molecule has 100 valence electrons. The van der Waals surface area contributed by atoms with Gasteiger partial charge in [0, 0.05) is 4.47 Å². The minimum atomic E-state index is -1.22. The Kier molecular flexibility index (Phi) is 3.68. The van der Waals surface area contributed by atoms with Crippen LogP contribution in [0.2, 0.25) is 0 Å². The third kappa shape index (κ3) is 2.52. The minimum Gasteiger partial charge on any atom is -0.481 e. The summed E-state index contributed by atoms with van der Waals surface area (Å²) in [5, 5.41) is 18.2. The molecule has 2 rings (SSSR count). The van der Waals surface area contributed by atoms with Crippen LogP contribution in [-0.2, 0) is 9.59 Å². The molecular formula is C12H10BrNO5. The number of Topliss-reactive ketones (excluding diaryl/α,β-unsaturated/α-hetero) is 1. The van der Waals surface area contributed by atoms with Gasteiger partial charge >= 0.3 is 5.97 Å². The molecule has 1 aromatic carbocycles. The lowest BCUT2D eigenvalue weighted by Crippen LogP contribution is -2.37. The number of ketones is 1. The number of aliphatic hydroxyl groups is 1. The van der Waals surface area contributed by atoms with E-state index in [0.717, 1.165) is 4.90 Å². The Morgan fingerprint density at radius 1 is 1.37 bits per heavy atom. The maximum atomic E-state index is 11.8. The van der Waals surface area contributed by atoms with Crippen LogP contribution in [0.25, 0.3) is 0 Å². The summed E-state index contributed by atoms with van der Waals surface area (Å²) in [4.78, 5) is 35.2. The second kappa shape index (κ2) is 5.10. The standard InChI is InChI=1S/C12H10BrNO5/c13-7-2-1-3-8-10(7)11(18)12(19)14(8)5-6(15)4-9(16)17/h1-3,6,15H,4-5H2,(H,16,17). The van der Waals surface area contributed by atoms with Crippen molar-refractivity contribution in [2.24, 2.45) is 0 Å². The molecule has 1 amide bonds. The second-order valence-electron chi connectivity index (χ2n) is 4.13. The molecule has 0 radical (unpaired) electrons. The van der Waals surface area contributed by atoms with Crippen molar-refractivity contribution in [3.05, 3.63) is 28.2 Å². The highest BCUT2D eigenvalue weighted by molar-refractivity contribution is 9.10. The Hall–Kier alpha value is -1.73. The number of carboxylic acids is 1. The number of nitrogens with zero attached hydrogens (tertiary/aromatic N) is 1. The molecule has 2 N–H and O–H groups in total. The van der Waals surface area contributed by atoms with E-state index in [1.807, 2.05) is 0 Å². The average molecular weight is 328 g/mol. The molecule has 1 aliphatic heterocycles. The smallest absolute Gasteiger partial charge is 0.306 e. The normalized spacial score (nSPS) is 15.6. The van der Waals surface area contributed by atoms with Crippen LogP contribution in [0.4, 0.5) is 5.69 Å². The first-order chi connectivity index (χ1) is 8.91. The van der Waals surface area contributed by atoms with Crippen molar-refractivity contribution in [3.8, 4) is 0 Å². The van der Waals surface area contributed by atoms with Crippen LogP contribution in [0.3, 0.4) is 0 Å². The van der Waals surface area contributed by atoms with Gasteiger partial charge in [-0.25, -0.2) is 0 Å². The molecule has 0 bridgehead atoms. The van der Waals surface area contributed by atoms with Gasteiger partial charge in [0.25, 0.3) is 11.7 Å². The zero-order valence-corrected chi connectivity index (χ0v) is 11.3. The van der Waals surface area contributed by atoms with Crippen LogP contribution in [0.1, 0.15) is 16.8 Å². The van der Waals surface area contributed by atoms with E-state index in [1.165, 1.54) is 0 Å².